The molecule has 1 aromatic rings. The minimum absolute atomic E-state index is 0.0496. The maximum absolute atomic E-state index is 13.1. The highest BCUT2D eigenvalue weighted by Gasteiger charge is 2.20. The summed E-state index contributed by atoms with van der Waals surface area (Å²) >= 11 is 0.746. The summed E-state index contributed by atoms with van der Waals surface area (Å²) in [5, 5.41) is 14.4. The molecule has 0 radical (unpaired) electrons. The van der Waals surface area contributed by atoms with Crippen molar-refractivity contribution in [1.82, 2.24) is 0 Å². The van der Waals surface area contributed by atoms with Gasteiger partial charge in [0.05, 0.1) is 37.4 Å². The number of esters is 1. The number of hydrogen-bond acceptors (Lipinski definition) is 10. The molecule has 0 aromatic heterocycles. The zero-order chi connectivity index (χ0) is 30.0. The molecule has 0 bridgehead atoms. The van der Waals surface area contributed by atoms with Gasteiger partial charge in [0.15, 0.2) is 0 Å². The molecule has 0 N–H and O–H groups in total. The molecule has 0 atom stereocenters. The summed E-state index contributed by atoms with van der Waals surface area (Å²) in [7, 11) is 0. The van der Waals surface area contributed by atoms with Crippen LogP contribution in [0.25, 0.3) is 0 Å². The molecule has 43 heavy (non-hydrogen) atoms. The predicted octanol–water partition coefficient (Wildman–Crippen LogP) is 7.88. The second kappa shape index (κ2) is 20.7. The Labute approximate surface area is 261 Å². The summed E-state index contributed by atoms with van der Waals surface area (Å²) in [4.78, 5) is 35.9. The monoisotopic (exact) mass is 623 g/mol. The Kier molecular flexibility index (Phi) is 16.7. The normalized spacial score (nSPS) is 19.1. The van der Waals surface area contributed by atoms with Gasteiger partial charge in [-0.2, -0.15) is 4.33 Å². The Bertz CT molecular complexity index is 863. The van der Waals surface area contributed by atoms with E-state index in [1.54, 1.807) is 12.1 Å². The van der Waals surface area contributed by atoms with Crippen molar-refractivity contribution in [3.05, 3.63) is 28.8 Å². The maximum atomic E-state index is 13.1. The van der Waals surface area contributed by atoms with Crippen LogP contribution in [0.1, 0.15) is 137 Å². The van der Waals surface area contributed by atoms with Gasteiger partial charge in [0.2, 0.25) is 0 Å². The van der Waals surface area contributed by atoms with Gasteiger partial charge in [-0.1, -0.05) is 96.3 Å². The standard InChI is InChI=1S/C33H52O9S/c34-33(36-19-16-26-10-4-1-5-11-26)29-22-30(24-39-37-20-17-27-12-6-2-7-13-27)32(43-42-41-35)31(23-29)25-40-38-21-18-28-14-8-3-9-15-28/h22-23,26-28,35H,1-21,24-25H2/p-1. The van der Waals surface area contributed by atoms with Crippen molar-refractivity contribution in [2.75, 3.05) is 19.8 Å². The summed E-state index contributed by atoms with van der Waals surface area (Å²) < 4.78 is 10.4. The molecule has 0 aliphatic heterocycles. The van der Waals surface area contributed by atoms with E-state index in [-0.39, 0.29) is 13.2 Å². The first-order valence-electron chi connectivity index (χ1n) is 16.7. The highest BCUT2D eigenvalue weighted by Crippen LogP contribution is 2.32. The molecule has 0 unspecified atom stereocenters. The van der Waals surface area contributed by atoms with E-state index < -0.39 is 5.97 Å². The van der Waals surface area contributed by atoms with Crippen molar-refractivity contribution in [3.8, 4) is 0 Å². The molecule has 3 saturated carbocycles. The van der Waals surface area contributed by atoms with Gasteiger partial charge >= 0.3 is 5.97 Å². The van der Waals surface area contributed by atoms with Crippen molar-refractivity contribution in [2.45, 2.75) is 134 Å². The molecule has 244 valence electrons. The topological polar surface area (TPSA) is 105 Å². The molecule has 10 heteroatoms. The van der Waals surface area contributed by atoms with Crippen LogP contribution in [-0.4, -0.2) is 25.8 Å². The first-order valence-corrected chi connectivity index (χ1v) is 17.4. The van der Waals surface area contributed by atoms with E-state index in [1.165, 1.54) is 96.3 Å². The van der Waals surface area contributed by atoms with Gasteiger partial charge in [0.1, 0.15) is 13.2 Å². The van der Waals surface area contributed by atoms with E-state index in [0.29, 0.717) is 59.2 Å². The highest BCUT2D eigenvalue weighted by molar-refractivity contribution is 7.94. The van der Waals surface area contributed by atoms with Crippen LogP contribution in [0.4, 0.5) is 0 Å². The van der Waals surface area contributed by atoms with Gasteiger partial charge in [-0.15, -0.1) is 0 Å². The molecule has 0 saturated heterocycles. The third-order valence-electron chi connectivity index (χ3n) is 9.37. The number of hydrogen-bond donors (Lipinski definition) is 0. The zero-order valence-corrected chi connectivity index (χ0v) is 26.5. The Balaban J connectivity index is 1.36. The number of ether oxygens (including phenoxy) is 1. The Hall–Kier alpha value is -1.24. The molecule has 4 rings (SSSR count). The largest absolute Gasteiger partial charge is 0.691 e. The molecule has 3 fully saturated rings. The third-order valence-corrected chi connectivity index (χ3v) is 10.2. The summed E-state index contributed by atoms with van der Waals surface area (Å²) in [5.74, 6) is 1.57. The molecule has 3 aliphatic carbocycles. The lowest BCUT2D eigenvalue weighted by molar-refractivity contribution is -0.777. The maximum Gasteiger partial charge on any atom is 0.338 e. The summed E-state index contributed by atoms with van der Waals surface area (Å²) in [6.45, 7) is 1.49. The Morgan fingerprint density at radius 3 is 1.53 bits per heavy atom. The van der Waals surface area contributed by atoms with Crippen molar-refractivity contribution < 1.29 is 43.7 Å². The predicted molar refractivity (Wildman–Crippen MR) is 160 cm³/mol. The van der Waals surface area contributed by atoms with Crippen LogP contribution in [0.3, 0.4) is 0 Å². The van der Waals surface area contributed by atoms with Gasteiger partial charge in [-0.25, -0.2) is 24.3 Å². The third kappa shape index (κ3) is 13.0. The average Bonchev–Trinajstić information content (AvgIpc) is 3.05. The zero-order valence-electron chi connectivity index (χ0n) is 25.7. The van der Waals surface area contributed by atoms with Crippen molar-refractivity contribution in [2.24, 2.45) is 17.8 Å². The van der Waals surface area contributed by atoms with E-state index in [9.17, 15) is 10.1 Å². The highest BCUT2D eigenvalue weighted by atomic mass is 32.2. The van der Waals surface area contributed by atoms with E-state index in [0.717, 1.165) is 31.3 Å². The van der Waals surface area contributed by atoms with Crippen molar-refractivity contribution in [1.29, 1.82) is 0 Å². The number of carbonyl (C=O) groups excluding carboxylic acids is 1. The fraction of sp³-hybridized carbons (Fsp3) is 0.788. The first kappa shape index (κ1) is 34.6. The van der Waals surface area contributed by atoms with E-state index >= 15 is 0 Å². The summed E-state index contributed by atoms with van der Waals surface area (Å²) in [6.07, 6.45) is 21.8. The molecular weight excluding hydrogens is 572 g/mol. The fourth-order valence-corrected chi connectivity index (χ4v) is 7.37. The number of carbonyl (C=O) groups is 1. The van der Waals surface area contributed by atoms with E-state index in [4.69, 9.17) is 28.6 Å². The molecular formula is C33H51O9S-. The number of rotatable bonds is 19. The Morgan fingerprint density at radius 2 is 1.09 bits per heavy atom. The lowest BCUT2D eigenvalue weighted by Crippen LogP contribution is -2.14. The van der Waals surface area contributed by atoms with Crippen molar-refractivity contribution >= 4 is 18.0 Å². The van der Waals surface area contributed by atoms with E-state index in [1.807, 2.05) is 0 Å². The lowest BCUT2D eigenvalue weighted by Gasteiger charge is -2.21. The number of benzene rings is 1. The van der Waals surface area contributed by atoms with Crippen LogP contribution >= 0.6 is 12.0 Å². The minimum atomic E-state index is -0.410. The van der Waals surface area contributed by atoms with Crippen LogP contribution in [-0.2, 0) is 46.9 Å². The molecule has 3 aliphatic rings. The summed E-state index contributed by atoms with van der Waals surface area (Å²) in [6, 6.07) is 3.38. The lowest BCUT2D eigenvalue weighted by atomic mass is 9.87. The van der Waals surface area contributed by atoms with Gasteiger partial charge in [0, 0.05) is 4.90 Å². The van der Waals surface area contributed by atoms with Gasteiger partial charge in [0.25, 0.3) is 0 Å². The van der Waals surface area contributed by atoms with Crippen LogP contribution in [0.5, 0.6) is 0 Å². The second-order valence-corrected chi connectivity index (χ2v) is 13.2. The average molecular weight is 624 g/mol. The summed E-state index contributed by atoms with van der Waals surface area (Å²) in [5.41, 5.74) is 1.57. The Morgan fingerprint density at radius 1 is 0.651 bits per heavy atom. The van der Waals surface area contributed by atoms with E-state index in [2.05, 4.69) is 5.04 Å². The molecule has 0 spiro atoms. The molecule has 1 aromatic carbocycles. The van der Waals surface area contributed by atoms with Gasteiger partial charge in [-0.3, -0.25) is 5.04 Å². The fourth-order valence-electron chi connectivity index (χ4n) is 6.83. The molecule has 9 nitrogen and oxygen atoms in total. The SMILES string of the molecule is O=C(OCCC1CCCCC1)c1cc(COOCCC2CCCCC2)c(SOO[O-])c(COOCCC2CCCCC2)c1. The van der Waals surface area contributed by atoms with Crippen LogP contribution in [0.2, 0.25) is 0 Å². The van der Waals surface area contributed by atoms with Crippen LogP contribution in [0.15, 0.2) is 17.0 Å². The second-order valence-electron chi connectivity index (χ2n) is 12.5. The van der Waals surface area contributed by atoms with Gasteiger partial charge in [-0.05, 0) is 60.3 Å². The first-order chi connectivity index (χ1) is 21.2. The molecule has 0 heterocycles. The van der Waals surface area contributed by atoms with Crippen molar-refractivity contribution in [3.63, 3.8) is 0 Å². The van der Waals surface area contributed by atoms with Gasteiger partial charge < -0.3 is 9.99 Å². The quantitative estimate of drug-likeness (QED) is 0.0497. The van der Waals surface area contributed by atoms with Crippen LogP contribution < -0.4 is 5.26 Å². The molecule has 0 amide bonds. The smallest absolute Gasteiger partial charge is 0.338 e. The minimum Gasteiger partial charge on any atom is -0.691 e. The van der Waals surface area contributed by atoms with Crippen LogP contribution in [0, 0.1) is 17.8 Å².